The van der Waals surface area contributed by atoms with Gasteiger partial charge in [-0.2, -0.15) is 26.3 Å². The van der Waals surface area contributed by atoms with Crippen molar-refractivity contribution in [3.63, 3.8) is 0 Å². The number of rotatable bonds is 5. The quantitative estimate of drug-likeness (QED) is 0.535. The molecule has 3 rings (SSSR count). The minimum atomic E-state index is -5.08. The van der Waals surface area contributed by atoms with Gasteiger partial charge >= 0.3 is 24.3 Å². The highest BCUT2D eigenvalue weighted by Gasteiger charge is 2.40. The number of hydrogen-bond acceptors (Lipinski definition) is 7. The van der Waals surface area contributed by atoms with Crippen LogP contribution in [-0.4, -0.2) is 104 Å². The molecule has 0 aliphatic carbocycles. The second kappa shape index (κ2) is 14.7. The summed E-state index contributed by atoms with van der Waals surface area (Å²) in [6, 6.07) is 4.40. The van der Waals surface area contributed by atoms with Crippen LogP contribution in [0.5, 0.6) is 0 Å². The molecule has 0 aromatic carbocycles. The largest absolute Gasteiger partial charge is 0.490 e. The smallest absolute Gasteiger partial charge is 0.475 e. The lowest BCUT2D eigenvalue weighted by Gasteiger charge is -2.43. The van der Waals surface area contributed by atoms with E-state index in [1.165, 1.54) is 24.3 Å². The van der Waals surface area contributed by atoms with E-state index in [0.717, 1.165) is 52.5 Å². The minimum absolute atomic E-state index is 0.305. The van der Waals surface area contributed by atoms with Gasteiger partial charge in [0.25, 0.3) is 0 Å². The molecule has 2 fully saturated rings. The third kappa shape index (κ3) is 12.3. The van der Waals surface area contributed by atoms with Crippen LogP contribution in [0.25, 0.3) is 0 Å². The van der Waals surface area contributed by atoms with Gasteiger partial charge in [0, 0.05) is 50.1 Å². The monoisotopic (exact) mass is 552 g/mol. The van der Waals surface area contributed by atoms with E-state index in [1.54, 1.807) is 7.11 Å². The first kappa shape index (κ1) is 32.1. The Morgan fingerprint density at radius 1 is 1.08 bits per heavy atom. The number of ether oxygens (including phenoxy) is 2. The Bertz CT molecular complexity index is 769. The van der Waals surface area contributed by atoms with E-state index in [0.29, 0.717) is 5.41 Å². The molecule has 1 unspecified atom stereocenters. The lowest BCUT2D eigenvalue weighted by Crippen LogP contribution is -2.50. The molecule has 15 heteroatoms. The Morgan fingerprint density at radius 3 is 2.17 bits per heavy atom. The van der Waals surface area contributed by atoms with E-state index in [4.69, 9.17) is 29.3 Å². The van der Waals surface area contributed by atoms with E-state index in [9.17, 15) is 26.3 Å². The van der Waals surface area contributed by atoms with Crippen molar-refractivity contribution in [3.05, 3.63) is 22.4 Å². The van der Waals surface area contributed by atoms with E-state index >= 15 is 0 Å². The number of alkyl halides is 6. The molecule has 2 N–H and O–H groups in total. The van der Waals surface area contributed by atoms with Crippen LogP contribution in [0.15, 0.2) is 17.5 Å². The van der Waals surface area contributed by atoms with Gasteiger partial charge in [-0.05, 0) is 30.8 Å². The SMILES string of the molecule is COCCN1CCOCC2(CCCN(Cc3cccs3)C2)C1.O=C(O)C(F)(F)F.O=C(O)C(F)(F)F. The minimum Gasteiger partial charge on any atom is -0.475 e. The fraction of sp³-hybridized carbons (Fsp3) is 0.714. The summed E-state index contributed by atoms with van der Waals surface area (Å²) in [6.45, 7) is 9.27. The number of hydrogen-bond donors (Lipinski definition) is 2. The van der Waals surface area contributed by atoms with Crippen molar-refractivity contribution in [2.24, 2.45) is 5.41 Å². The number of carbonyl (C=O) groups is 2. The van der Waals surface area contributed by atoms with Crippen LogP contribution >= 0.6 is 11.3 Å². The van der Waals surface area contributed by atoms with Crippen molar-refractivity contribution in [2.45, 2.75) is 31.7 Å². The number of piperidine rings is 1. The highest BCUT2D eigenvalue weighted by atomic mass is 32.1. The fourth-order valence-electron chi connectivity index (χ4n) is 3.81. The van der Waals surface area contributed by atoms with Crippen molar-refractivity contribution >= 4 is 23.3 Å². The van der Waals surface area contributed by atoms with Gasteiger partial charge in [0.15, 0.2) is 0 Å². The third-order valence-electron chi connectivity index (χ3n) is 5.32. The molecular weight excluding hydrogens is 522 g/mol. The van der Waals surface area contributed by atoms with Crippen LogP contribution in [-0.2, 0) is 25.6 Å². The first-order valence-electron chi connectivity index (χ1n) is 10.8. The average Bonchev–Trinajstić information content (AvgIpc) is 3.20. The number of methoxy groups -OCH3 is 1. The predicted octanol–water partition coefficient (Wildman–Crippen LogP) is 3.58. The molecule has 1 aromatic heterocycles. The zero-order chi connectivity index (χ0) is 27.4. The molecule has 2 aliphatic rings. The number of carboxylic acid groups (broad SMARTS) is 2. The topological polar surface area (TPSA) is 99.5 Å². The number of carboxylic acids is 2. The molecule has 1 aromatic rings. The summed E-state index contributed by atoms with van der Waals surface area (Å²) in [5.41, 5.74) is 0.305. The van der Waals surface area contributed by atoms with Gasteiger partial charge in [0.1, 0.15) is 0 Å². The van der Waals surface area contributed by atoms with Gasteiger partial charge in [-0.15, -0.1) is 11.3 Å². The maximum absolute atomic E-state index is 10.6. The van der Waals surface area contributed by atoms with Gasteiger partial charge in [0.2, 0.25) is 0 Å². The zero-order valence-corrected chi connectivity index (χ0v) is 20.4. The van der Waals surface area contributed by atoms with Crippen molar-refractivity contribution < 1.29 is 55.6 Å². The number of aliphatic carboxylic acids is 2. The predicted molar refractivity (Wildman–Crippen MR) is 118 cm³/mol. The van der Waals surface area contributed by atoms with Crippen molar-refractivity contribution in [3.8, 4) is 0 Å². The molecule has 1 spiro atoms. The Hall–Kier alpha value is -1.94. The van der Waals surface area contributed by atoms with Gasteiger partial charge < -0.3 is 19.7 Å². The molecule has 0 saturated carbocycles. The molecule has 3 heterocycles. The normalized spacial score (nSPS) is 21.5. The van der Waals surface area contributed by atoms with E-state index in [1.807, 2.05) is 11.3 Å². The van der Waals surface area contributed by atoms with Gasteiger partial charge in [-0.3, -0.25) is 9.80 Å². The van der Waals surface area contributed by atoms with Crippen LogP contribution in [0, 0.1) is 5.41 Å². The summed E-state index contributed by atoms with van der Waals surface area (Å²) >= 11 is 1.87. The van der Waals surface area contributed by atoms with Crippen LogP contribution in [0.1, 0.15) is 17.7 Å². The van der Waals surface area contributed by atoms with Crippen molar-refractivity contribution in [2.75, 3.05) is 59.7 Å². The third-order valence-corrected chi connectivity index (χ3v) is 6.18. The van der Waals surface area contributed by atoms with Gasteiger partial charge in [-0.1, -0.05) is 6.07 Å². The first-order valence-corrected chi connectivity index (χ1v) is 11.7. The summed E-state index contributed by atoms with van der Waals surface area (Å²) in [5.74, 6) is -5.51. The second-order valence-electron chi connectivity index (χ2n) is 8.32. The maximum atomic E-state index is 10.6. The molecule has 0 radical (unpaired) electrons. The summed E-state index contributed by atoms with van der Waals surface area (Å²) in [4.78, 5) is 24.4. The summed E-state index contributed by atoms with van der Waals surface area (Å²) in [6.07, 6.45) is -7.59. The molecule has 0 bridgehead atoms. The molecule has 2 aliphatic heterocycles. The van der Waals surface area contributed by atoms with Crippen LogP contribution < -0.4 is 0 Å². The van der Waals surface area contributed by atoms with Gasteiger partial charge in [-0.25, -0.2) is 9.59 Å². The number of nitrogens with zero attached hydrogens (tertiary/aromatic N) is 2. The highest BCUT2D eigenvalue weighted by Crippen LogP contribution is 2.34. The number of thiophene rings is 1. The van der Waals surface area contributed by atoms with Crippen LogP contribution in [0.3, 0.4) is 0 Å². The summed E-state index contributed by atoms with van der Waals surface area (Å²) in [7, 11) is 1.79. The van der Waals surface area contributed by atoms with Crippen LogP contribution in [0.2, 0.25) is 0 Å². The molecular formula is C21H30F6N2O6S. The Labute approximate surface area is 208 Å². The van der Waals surface area contributed by atoms with E-state index in [2.05, 4.69) is 27.3 Å². The molecule has 1 atom stereocenters. The van der Waals surface area contributed by atoms with E-state index < -0.39 is 24.3 Å². The summed E-state index contributed by atoms with van der Waals surface area (Å²) < 4.78 is 74.7. The standard InChI is InChI=1S/C17H28N2O2S.2C2HF3O2/c1-20-9-7-18-8-10-21-15-17(13-18)5-3-6-19(14-17)12-16-4-2-11-22-16;2*3-2(4,5)1(6)7/h2,4,11H,3,5-10,12-15H2,1H3;2*(H,6,7). The van der Waals surface area contributed by atoms with Crippen LogP contribution in [0.4, 0.5) is 26.3 Å². The summed E-state index contributed by atoms with van der Waals surface area (Å²) in [5, 5.41) is 16.4. The first-order chi connectivity index (χ1) is 16.7. The lowest BCUT2D eigenvalue weighted by atomic mass is 9.80. The maximum Gasteiger partial charge on any atom is 0.490 e. The Kier molecular flexibility index (Phi) is 13.1. The highest BCUT2D eigenvalue weighted by molar-refractivity contribution is 7.09. The van der Waals surface area contributed by atoms with Crippen molar-refractivity contribution in [1.82, 2.24) is 9.80 Å². The van der Waals surface area contributed by atoms with E-state index in [-0.39, 0.29) is 0 Å². The Morgan fingerprint density at radius 2 is 1.67 bits per heavy atom. The molecule has 8 nitrogen and oxygen atoms in total. The number of likely N-dealkylation sites (tertiary alicyclic amines) is 1. The molecule has 208 valence electrons. The fourth-order valence-corrected chi connectivity index (χ4v) is 4.55. The van der Waals surface area contributed by atoms with Crippen molar-refractivity contribution in [1.29, 1.82) is 0 Å². The Balaban J connectivity index is 0.000000383. The molecule has 2 saturated heterocycles. The zero-order valence-electron chi connectivity index (χ0n) is 19.6. The van der Waals surface area contributed by atoms with Gasteiger partial charge in [0.05, 0.1) is 19.8 Å². The molecule has 36 heavy (non-hydrogen) atoms. The molecule has 0 amide bonds. The number of halogens is 6. The second-order valence-corrected chi connectivity index (χ2v) is 9.35. The average molecular weight is 553 g/mol. The lowest BCUT2D eigenvalue weighted by molar-refractivity contribution is -0.193.